The van der Waals surface area contributed by atoms with Gasteiger partial charge in [-0.3, -0.25) is 0 Å². The molecule has 12 heavy (non-hydrogen) atoms. The van der Waals surface area contributed by atoms with Crippen LogP contribution in [0.15, 0.2) is 6.07 Å². The fourth-order valence-corrected chi connectivity index (χ4v) is 0.885. The summed E-state index contributed by atoms with van der Waals surface area (Å²) in [5.41, 5.74) is 1.20. The van der Waals surface area contributed by atoms with Crippen molar-refractivity contribution in [2.45, 2.75) is 27.7 Å². The zero-order chi connectivity index (χ0) is 9.72. The summed E-state index contributed by atoms with van der Waals surface area (Å²) in [5.74, 6) is -0.294. The molecular weight excluding hydrogens is 177 g/mol. The lowest BCUT2D eigenvalue weighted by atomic mass is 10.2. The van der Waals surface area contributed by atoms with E-state index in [4.69, 9.17) is 11.6 Å². The molecule has 0 fully saturated rings. The van der Waals surface area contributed by atoms with E-state index in [1.165, 1.54) is 6.07 Å². The highest BCUT2D eigenvalue weighted by atomic mass is 35.5. The number of hydrogen-bond acceptors (Lipinski definition) is 1. The van der Waals surface area contributed by atoms with E-state index in [0.29, 0.717) is 11.3 Å². The minimum Gasteiger partial charge on any atom is -0.241 e. The molecule has 0 aliphatic heterocycles. The Morgan fingerprint density at radius 3 is 2.25 bits per heavy atom. The van der Waals surface area contributed by atoms with E-state index < -0.39 is 0 Å². The third kappa shape index (κ3) is 2.78. The van der Waals surface area contributed by atoms with Crippen LogP contribution in [0.2, 0.25) is 5.15 Å². The molecule has 0 saturated carbocycles. The summed E-state index contributed by atoms with van der Waals surface area (Å²) in [4.78, 5) is 3.86. The van der Waals surface area contributed by atoms with Gasteiger partial charge in [0.15, 0.2) is 0 Å². The average Bonchev–Trinajstić information content (AvgIpc) is 2.04. The molecule has 1 aromatic heterocycles. The summed E-state index contributed by atoms with van der Waals surface area (Å²) in [6, 6.07) is 1.21. The summed E-state index contributed by atoms with van der Waals surface area (Å²) in [5, 5.41) is 0.209. The molecule has 0 bridgehead atoms. The summed E-state index contributed by atoms with van der Waals surface area (Å²) < 4.78 is 12.7. The zero-order valence-electron chi connectivity index (χ0n) is 7.78. The van der Waals surface area contributed by atoms with Gasteiger partial charge in [0.25, 0.3) is 0 Å². The lowest BCUT2D eigenvalue weighted by molar-refractivity contribution is 0.613. The normalized spacial score (nSPS) is 8.83. The summed E-state index contributed by atoms with van der Waals surface area (Å²) in [7, 11) is 0. The van der Waals surface area contributed by atoms with Gasteiger partial charge in [0.2, 0.25) is 0 Å². The van der Waals surface area contributed by atoms with Crippen molar-refractivity contribution in [3.8, 4) is 0 Å². The van der Waals surface area contributed by atoms with Gasteiger partial charge in [-0.2, -0.15) is 0 Å². The molecule has 0 aromatic carbocycles. The first kappa shape index (κ1) is 11.4. The minimum absolute atomic E-state index is 0.209. The highest BCUT2D eigenvalue weighted by molar-refractivity contribution is 6.29. The van der Waals surface area contributed by atoms with E-state index in [9.17, 15) is 4.39 Å². The molecule has 1 rings (SSSR count). The van der Waals surface area contributed by atoms with Gasteiger partial charge in [0.05, 0.1) is 0 Å². The van der Waals surface area contributed by atoms with Crippen molar-refractivity contribution in [2.24, 2.45) is 0 Å². The lowest BCUT2D eigenvalue weighted by Crippen LogP contribution is -1.91. The van der Waals surface area contributed by atoms with Crippen molar-refractivity contribution >= 4 is 11.6 Å². The molecule has 0 amide bonds. The van der Waals surface area contributed by atoms with Crippen molar-refractivity contribution in [1.82, 2.24) is 4.98 Å². The maximum absolute atomic E-state index is 12.7. The number of aromatic nitrogens is 1. The topological polar surface area (TPSA) is 12.9 Å². The van der Waals surface area contributed by atoms with Crippen molar-refractivity contribution in [3.63, 3.8) is 0 Å². The second kappa shape index (κ2) is 5.09. The Labute approximate surface area is 77.6 Å². The number of rotatable bonds is 0. The highest BCUT2D eigenvalue weighted by Gasteiger charge is 2.02. The van der Waals surface area contributed by atoms with Crippen molar-refractivity contribution in [2.75, 3.05) is 0 Å². The number of nitrogens with zero attached hydrogens (tertiary/aromatic N) is 1. The first-order valence-electron chi connectivity index (χ1n) is 3.90. The van der Waals surface area contributed by atoms with E-state index >= 15 is 0 Å². The Morgan fingerprint density at radius 1 is 1.33 bits per heavy atom. The Kier molecular flexibility index (Phi) is 4.83. The molecular formula is C9H13ClFN. The first-order valence-corrected chi connectivity index (χ1v) is 4.28. The molecule has 0 aliphatic rings. The SMILES string of the molecule is CC.Cc1nc(Cl)cc(F)c1C. The van der Waals surface area contributed by atoms with Crippen LogP contribution in [0.25, 0.3) is 0 Å². The van der Waals surface area contributed by atoms with Crippen LogP contribution in [0.5, 0.6) is 0 Å². The van der Waals surface area contributed by atoms with Gasteiger partial charge in [-0.15, -0.1) is 0 Å². The third-order valence-corrected chi connectivity index (χ3v) is 1.61. The predicted molar refractivity (Wildman–Crippen MR) is 50.0 cm³/mol. The van der Waals surface area contributed by atoms with Crippen LogP contribution in [0.4, 0.5) is 4.39 Å². The summed E-state index contributed by atoms with van der Waals surface area (Å²) >= 11 is 5.47. The van der Waals surface area contributed by atoms with Gasteiger partial charge < -0.3 is 0 Å². The third-order valence-electron chi connectivity index (χ3n) is 1.42. The molecule has 0 saturated heterocycles. The molecule has 1 nitrogen and oxygen atoms in total. The zero-order valence-corrected chi connectivity index (χ0v) is 8.54. The van der Waals surface area contributed by atoms with Crippen LogP contribution in [-0.4, -0.2) is 4.98 Å². The maximum Gasteiger partial charge on any atom is 0.132 e. The molecule has 3 heteroatoms. The predicted octanol–water partition coefficient (Wildman–Crippen LogP) is 3.52. The Bertz CT molecular complexity index is 238. The van der Waals surface area contributed by atoms with Crippen LogP contribution < -0.4 is 0 Å². The number of aryl methyl sites for hydroxylation is 1. The summed E-state index contributed by atoms with van der Waals surface area (Å²) in [6.07, 6.45) is 0. The molecule has 0 atom stereocenters. The van der Waals surface area contributed by atoms with Crippen LogP contribution in [0, 0.1) is 19.7 Å². The highest BCUT2D eigenvalue weighted by Crippen LogP contribution is 2.13. The van der Waals surface area contributed by atoms with E-state index in [1.54, 1.807) is 13.8 Å². The van der Waals surface area contributed by atoms with E-state index in [0.717, 1.165) is 0 Å². The lowest BCUT2D eigenvalue weighted by Gasteiger charge is -1.99. The first-order chi connectivity index (χ1) is 5.61. The monoisotopic (exact) mass is 189 g/mol. The molecule has 68 valence electrons. The van der Waals surface area contributed by atoms with Crippen LogP contribution in [-0.2, 0) is 0 Å². The van der Waals surface area contributed by atoms with Gasteiger partial charge in [-0.1, -0.05) is 25.4 Å². The van der Waals surface area contributed by atoms with Gasteiger partial charge in [-0.05, 0) is 13.8 Å². The molecule has 1 aromatic rings. The smallest absolute Gasteiger partial charge is 0.132 e. The largest absolute Gasteiger partial charge is 0.241 e. The average molecular weight is 190 g/mol. The molecule has 0 unspecified atom stereocenters. The van der Waals surface area contributed by atoms with Gasteiger partial charge in [0.1, 0.15) is 11.0 Å². The molecule has 0 aliphatic carbocycles. The number of hydrogen-bond donors (Lipinski definition) is 0. The van der Waals surface area contributed by atoms with Gasteiger partial charge in [0, 0.05) is 17.3 Å². The number of halogens is 2. The van der Waals surface area contributed by atoms with Crippen LogP contribution in [0.3, 0.4) is 0 Å². The van der Waals surface area contributed by atoms with Gasteiger partial charge >= 0.3 is 0 Å². The fraction of sp³-hybridized carbons (Fsp3) is 0.444. The summed E-state index contributed by atoms with van der Waals surface area (Å²) in [6.45, 7) is 7.40. The molecule has 1 heterocycles. The van der Waals surface area contributed by atoms with E-state index in [-0.39, 0.29) is 11.0 Å². The molecule has 0 N–H and O–H groups in total. The Balaban J connectivity index is 0.000000561. The van der Waals surface area contributed by atoms with E-state index in [1.807, 2.05) is 13.8 Å². The van der Waals surface area contributed by atoms with Crippen LogP contribution in [0.1, 0.15) is 25.1 Å². The fourth-order valence-electron chi connectivity index (χ4n) is 0.662. The van der Waals surface area contributed by atoms with E-state index in [2.05, 4.69) is 4.98 Å². The second-order valence-electron chi connectivity index (χ2n) is 2.14. The Hall–Kier alpha value is -0.630. The second-order valence-corrected chi connectivity index (χ2v) is 2.52. The molecule has 0 spiro atoms. The quantitative estimate of drug-likeness (QED) is 0.569. The maximum atomic E-state index is 12.7. The standard InChI is InChI=1S/C7H7ClFN.C2H6/c1-4-5(2)10-7(8)3-6(4)9;1-2/h3H,1-2H3;1-2H3. The number of pyridine rings is 1. The van der Waals surface area contributed by atoms with Crippen molar-refractivity contribution in [3.05, 3.63) is 28.3 Å². The van der Waals surface area contributed by atoms with Crippen LogP contribution >= 0.6 is 11.6 Å². The Morgan fingerprint density at radius 2 is 1.83 bits per heavy atom. The van der Waals surface area contributed by atoms with Gasteiger partial charge in [-0.25, -0.2) is 9.37 Å². The minimum atomic E-state index is -0.294. The van der Waals surface area contributed by atoms with Crippen molar-refractivity contribution < 1.29 is 4.39 Å². The van der Waals surface area contributed by atoms with Crippen molar-refractivity contribution in [1.29, 1.82) is 0 Å². The molecule has 0 radical (unpaired) electrons.